The molecule has 58 valence electrons. The van der Waals surface area contributed by atoms with E-state index < -0.39 is 0 Å². The number of nitrogens with one attached hydrogen (secondary N) is 1. The molecule has 1 heterocycles. The average Bonchev–Trinajstić information content (AvgIpc) is 2.06. The van der Waals surface area contributed by atoms with Crippen LogP contribution in [-0.2, 0) is 4.79 Å². The molecule has 0 radical (unpaired) electrons. The standard InChI is InChI=1S/C9H11NO/c11-9-8-4-2-1-3-7(8)5-6-10-9/h1,3H,2,4-6H2,(H,10,11). The van der Waals surface area contributed by atoms with Crippen molar-refractivity contribution in [1.82, 2.24) is 5.32 Å². The Kier molecular flexibility index (Phi) is 1.53. The summed E-state index contributed by atoms with van der Waals surface area (Å²) >= 11 is 0. The zero-order valence-electron chi connectivity index (χ0n) is 6.39. The molecule has 2 heteroatoms. The number of carbonyl (C=O) groups is 1. The molecule has 1 N–H and O–H groups in total. The van der Waals surface area contributed by atoms with Gasteiger partial charge < -0.3 is 5.32 Å². The van der Waals surface area contributed by atoms with Gasteiger partial charge in [0.05, 0.1) is 0 Å². The molecule has 0 atom stereocenters. The minimum absolute atomic E-state index is 0.149. The molecule has 0 aromatic carbocycles. The van der Waals surface area contributed by atoms with Gasteiger partial charge in [-0.05, 0) is 24.8 Å². The zero-order valence-corrected chi connectivity index (χ0v) is 6.39. The molecule has 0 unspecified atom stereocenters. The number of allylic oxidation sites excluding steroid dienone is 2. The van der Waals surface area contributed by atoms with Crippen molar-refractivity contribution in [3.8, 4) is 0 Å². The second kappa shape index (κ2) is 2.53. The fourth-order valence-electron chi connectivity index (χ4n) is 1.63. The summed E-state index contributed by atoms with van der Waals surface area (Å²) in [7, 11) is 0. The monoisotopic (exact) mass is 149 g/mol. The van der Waals surface area contributed by atoms with E-state index in [9.17, 15) is 4.79 Å². The lowest BCUT2D eigenvalue weighted by molar-refractivity contribution is -0.118. The van der Waals surface area contributed by atoms with Gasteiger partial charge in [-0.1, -0.05) is 12.2 Å². The molecule has 0 spiro atoms. The van der Waals surface area contributed by atoms with Crippen LogP contribution in [0.5, 0.6) is 0 Å². The molecule has 0 aromatic heterocycles. The van der Waals surface area contributed by atoms with Crippen molar-refractivity contribution in [3.05, 3.63) is 23.3 Å². The minimum Gasteiger partial charge on any atom is -0.352 e. The number of hydrogen-bond acceptors (Lipinski definition) is 1. The van der Waals surface area contributed by atoms with Crippen LogP contribution in [0, 0.1) is 0 Å². The molecule has 11 heavy (non-hydrogen) atoms. The van der Waals surface area contributed by atoms with Crippen LogP contribution in [0.2, 0.25) is 0 Å². The molecule has 1 aliphatic carbocycles. The number of rotatable bonds is 0. The summed E-state index contributed by atoms with van der Waals surface area (Å²) in [4.78, 5) is 11.2. The first-order chi connectivity index (χ1) is 5.38. The highest BCUT2D eigenvalue weighted by atomic mass is 16.1. The smallest absolute Gasteiger partial charge is 0.247 e. The summed E-state index contributed by atoms with van der Waals surface area (Å²) in [5, 5.41) is 2.85. The van der Waals surface area contributed by atoms with Crippen LogP contribution in [0.15, 0.2) is 23.3 Å². The van der Waals surface area contributed by atoms with Gasteiger partial charge in [0.25, 0.3) is 0 Å². The second-order valence-electron chi connectivity index (χ2n) is 2.95. The van der Waals surface area contributed by atoms with Crippen LogP contribution < -0.4 is 5.32 Å². The lowest BCUT2D eigenvalue weighted by Gasteiger charge is -2.20. The average molecular weight is 149 g/mol. The molecule has 1 amide bonds. The number of amides is 1. The highest BCUT2D eigenvalue weighted by molar-refractivity contribution is 5.95. The summed E-state index contributed by atoms with van der Waals surface area (Å²) < 4.78 is 0. The highest BCUT2D eigenvalue weighted by Gasteiger charge is 2.19. The maximum absolute atomic E-state index is 11.2. The van der Waals surface area contributed by atoms with Crippen LogP contribution in [-0.4, -0.2) is 12.5 Å². The topological polar surface area (TPSA) is 29.1 Å². The van der Waals surface area contributed by atoms with Gasteiger partial charge in [-0.25, -0.2) is 0 Å². The molecule has 1 aliphatic heterocycles. The van der Waals surface area contributed by atoms with Gasteiger partial charge >= 0.3 is 0 Å². The van der Waals surface area contributed by atoms with Gasteiger partial charge in [-0.15, -0.1) is 0 Å². The Hall–Kier alpha value is -1.05. The first-order valence-corrected chi connectivity index (χ1v) is 4.05. The van der Waals surface area contributed by atoms with Crippen molar-refractivity contribution in [2.24, 2.45) is 0 Å². The zero-order chi connectivity index (χ0) is 7.68. The quantitative estimate of drug-likeness (QED) is 0.550. The fraction of sp³-hybridized carbons (Fsp3) is 0.444. The summed E-state index contributed by atoms with van der Waals surface area (Å²) in [5.41, 5.74) is 2.26. The first-order valence-electron chi connectivity index (χ1n) is 4.05. The van der Waals surface area contributed by atoms with E-state index in [0.717, 1.165) is 31.4 Å². The Morgan fingerprint density at radius 3 is 3.09 bits per heavy atom. The predicted octanol–water partition coefficient (Wildman–Crippen LogP) is 1.15. The molecule has 0 aromatic rings. The van der Waals surface area contributed by atoms with Crippen molar-refractivity contribution in [2.45, 2.75) is 19.3 Å². The van der Waals surface area contributed by atoms with E-state index in [2.05, 4.69) is 17.5 Å². The van der Waals surface area contributed by atoms with E-state index >= 15 is 0 Å². The molecular weight excluding hydrogens is 138 g/mol. The predicted molar refractivity (Wildman–Crippen MR) is 43.0 cm³/mol. The SMILES string of the molecule is O=C1NCCC2=C1CCC=C2. The van der Waals surface area contributed by atoms with Crippen LogP contribution in [0.3, 0.4) is 0 Å². The van der Waals surface area contributed by atoms with Gasteiger partial charge in [-0.3, -0.25) is 4.79 Å². The minimum atomic E-state index is 0.149. The first kappa shape index (κ1) is 6.65. The third kappa shape index (κ3) is 1.09. The normalized spacial score (nSPS) is 23.1. The van der Waals surface area contributed by atoms with Gasteiger partial charge in [0.2, 0.25) is 5.91 Å². The van der Waals surface area contributed by atoms with Crippen LogP contribution in [0.25, 0.3) is 0 Å². The van der Waals surface area contributed by atoms with Crippen LogP contribution in [0.1, 0.15) is 19.3 Å². The Morgan fingerprint density at radius 1 is 1.36 bits per heavy atom. The van der Waals surface area contributed by atoms with Crippen molar-refractivity contribution in [3.63, 3.8) is 0 Å². The van der Waals surface area contributed by atoms with E-state index in [-0.39, 0.29) is 5.91 Å². The number of hydrogen-bond donors (Lipinski definition) is 1. The third-order valence-corrected chi connectivity index (χ3v) is 2.22. The van der Waals surface area contributed by atoms with Gasteiger partial charge in [-0.2, -0.15) is 0 Å². The van der Waals surface area contributed by atoms with Gasteiger partial charge in [0.1, 0.15) is 0 Å². The molecule has 2 nitrogen and oxygen atoms in total. The highest BCUT2D eigenvalue weighted by Crippen LogP contribution is 2.23. The molecule has 2 rings (SSSR count). The summed E-state index contributed by atoms with van der Waals surface area (Å²) in [5.74, 6) is 0.149. The lowest BCUT2D eigenvalue weighted by Crippen LogP contribution is -2.31. The molecular formula is C9H11NO. The van der Waals surface area contributed by atoms with Crippen molar-refractivity contribution in [2.75, 3.05) is 6.54 Å². The Bertz CT molecular complexity index is 250. The van der Waals surface area contributed by atoms with Crippen molar-refractivity contribution in [1.29, 1.82) is 0 Å². The van der Waals surface area contributed by atoms with Gasteiger partial charge in [0, 0.05) is 12.1 Å². The van der Waals surface area contributed by atoms with E-state index in [1.54, 1.807) is 0 Å². The summed E-state index contributed by atoms with van der Waals surface area (Å²) in [6.07, 6.45) is 7.20. The Balaban J connectivity index is 2.35. The third-order valence-electron chi connectivity index (χ3n) is 2.22. The van der Waals surface area contributed by atoms with Crippen LogP contribution in [0.4, 0.5) is 0 Å². The number of carbonyl (C=O) groups excluding carboxylic acids is 1. The second-order valence-corrected chi connectivity index (χ2v) is 2.95. The molecule has 0 saturated carbocycles. The van der Waals surface area contributed by atoms with Crippen molar-refractivity contribution < 1.29 is 4.79 Å². The van der Waals surface area contributed by atoms with Crippen LogP contribution >= 0.6 is 0 Å². The van der Waals surface area contributed by atoms with E-state index in [4.69, 9.17) is 0 Å². The van der Waals surface area contributed by atoms with Crippen molar-refractivity contribution >= 4 is 5.91 Å². The molecule has 0 fully saturated rings. The molecule has 0 saturated heterocycles. The lowest BCUT2D eigenvalue weighted by atomic mass is 9.92. The largest absolute Gasteiger partial charge is 0.352 e. The molecule has 0 bridgehead atoms. The van der Waals surface area contributed by atoms with Gasteiger partial charge in [0.15, 0.2) is 0 Å². The summed E-state index contributed by atoms with van der Waals surface area (Å²) in [6.45, 7) is 0.808. The summed E-state index contributed by atoms with van der Waals surface area (Å²) in [6, 6.07) is 0. The Labute approximate surface area is 66.0 Å². The molecule has 2 aliphatic rings. The maximum atomic E-state index is 11.2. The Morgan fingerprint density at radius 2 is 2.27 bits per heavy atom. The van der Waals surface area contributed by atoms with E-state index in [0.29, 0.717) is 0 Å². The van der Waals surface area contributed by atoms with E-state index in [1.165, 1.54) is 5.57 Å². The van der Waals surface area contributed by atoms with E-state index in [1.807, 2.05) is 0 Å². The maximum Gasteiger partial charge on any atom is 0.247 e. The fourth-order valence-corrected chi connectivity index (χ4v) is 1.63.